The molecule has 5 atom stereocenters. The Balaban J connectivity index is 1.72. The van der Waals surface area contributed by atoms with Crippen LogP contribution in [0.4, 0.5) is 0 Å². The lowest BCUT2D eigenvalue weighted by Crippen LogP contribution is -2.49. The predicted octanol–water partition coefficient (Wildman–Crippen LogP) is 4.17. The summed E-state index contributed by atoms with van der Waals surface area (Å²) in [4.78, 5) is 0. The number of rotatable bonds is 1. The van der Waals surface area contributed by atoms with Crippen molar-refractivity contribution in [2.24, 2.45) is 17.3 Å². The van der Waals surface area contributed by atoms with Crippen LogP contribution in [0.25, 0.3) is 0 Å². The van der Waals surface area contributed by atoms with Gasteiger partial charge in [-0.15, -0.1) is 6.58 Å². The zero-order valence-electron chi connectivity index (χ0n) is 13.4. The van der Waals surface area contributed by atoms with Gasteiger partial charge in [0.1, 0.15) is 5.75 Å². The number of phenolic OH excluding ortho intramolecular Hbond substituents is 1. The van der Waals surface area contributed by atoms with E-state index in [-0.39, 0.29) is 5.41 Å². The van der Waals surface area contributed by atoms with E-state index < -0.39 is 5.60 Å². The summed E-state index contributed by atoms with van der Waals surface area (Å²) in [5.74, 6) is 2.26. The quantitative estimate of drug-likeness (QED) is 0.764. The van der Waals surface area contributed by atoms with Crippen molar-refractivity contribution in [1.29, 1.82) is 0 Å². The predicted molar refractivity (Wildman–Crippen MR) is 87.9 cm³/mol. The Morgan fingerprint density at radius 1 is 1.23 bits per heavy atom. The highest BCUT2D eigenvalue weighted by atomic mass is 16.3. The minimum atomic E-state index is -0.683. The maximum absolute atomic E-state index is 11.0. The molecule has 22 heavy (non-hydrogen) atoms. The standard InChI is InChI=1S/C20H26O2/c1-3-20(22)11-9-18-17-6-4-13-12-14(21)5-7-15(13)16(17)8-10-19(18,20)2/h3,5,7,12,16-18,21-22H,1,4,6,8-11H2,2H3/t16-,17-,18+,19+,20-/m1/s1. The molecule has 0 unspecified atom stereocenters. The molecule has 118 valence electrons. The molecule has 0 aliphatic heterocycles. The lowest BCUT2D eigenvalue weighted by atomic mass is 9.53. The Kier molecular flexibility index (Phi) is 3.00. The summed E-state index contributed by atoms with van der Waals surface area (Å²) >= 11 is 0. The second-order valence-electron chi connectivity index (χ2n) is 7.92. The molecule has 0 radical (unpaired) electrons. The van der Waals surface area contributed by atoms with Gasteiger partial charge in [0.25, 0.3) is 0 Å². The molecule has 0 saturated heterocycles. The van der Waals surface area contributed by atoms with Crippen LogP contribution in [0.5, 0.6) is 5.75 Å². The Labute approximate surface area is 132 Å². The van der Waals surface area contributed by atoms with Crippen LogP contribution in [-0.4, -0.2) is 15.8 Å². The van der Waals surface area contributed by atoms with Crippen LogP contribution in [0.2, 0.25) is 0 Å². The van der Waals surface area contributed by atoms with Gasteiger partial charge in [0.2, 0.25) is 0 Å². The fourth-order valence-electron chi connectivity index (χ4n) is 5.96. The summed E-state index contributed by atoms with van der Waals surface area (Å²) in [5, 5.41) is 20.8. The number of aliphatic hydroxyl groups is 1. The van der Waals surface area contributed by atoms with Crippen molar-refractivity contribution in [1.82, 2.24) is 0 Å². The molecule has 3 aliphatic rings. The second-order valence-corrected chi connectivity index (χ2v) is 7.92. The molecule has 0 spiro atoms. The molecule has 2 heteroatoms. The van der Waals surface area contributed by atoms with Gasteiger partial charge in [0.05, 0.1) is 5.60 Å². The molecule has 1 aromatic rings. The Hall–Kier alpha value is -1.28. The third-order valence-electron chi connectivity index (χ3n) is 7.26. The van der Waals surface area contributed by atoms with Gasteiger partial charge in [0.15, 0.2) is 0 Å². The smallest absolute Gasteiger partial charge is 0.115 e. The van der Waals surface area contributed by atoms with Crippen LogP contribution < -0.4 is 0 Å². The minimum Gasteiger partial charge on any atom is -0.508 e. The first-order valence-electron chi connectivity index (χ1n) is 8.66. The number of aryl methyl sites for hydroxylation is 1. The minimum absolute atomic E-state index is 0.00958. The summed E-state index contributed by atoms with van der Waals surface area (Å²) in [5.41, 5.74) is 2.09. The Bertz CT molecular complexity index is 622. The molecule has 0 aromatic heterocycles. The maximum atomic E-state index is 11.0. The molecule has 3 aliphatic carbocycles. The largest absolute Gasteiger partial charge is 0.508 e. The molecule has 2 nitrogen and oxygen atoms in total. The number of hydrogen-bond donors (Lipinski definition) is 2. The van der Waals surface area contributed by atoms with Crippen LogP contribution in [0.3, 0.4) is 0 Å². The van der Waals surface area contributed by atoms with E-state index in [1.807, 2.05) is 18.2 Å². The summed E-state index contributed by atoms with van der Waals surface area (Å²) in [7, 11) is 0. The lowest BCUT2D eigenvalue weighted by molar-refractivity contribution is -0.0707. The van der Waals surface area contributed by atoms with E-state index in [1.165, 1.54) is 17.5 Å². The number of hydrogen-bond acceptors (Lipinski definition) is 2. The third-order valence-corrected chi connectivity index (χ3v) is 7.26. The van der Waals surface area contributed by atoms with Crippen molar-refractivity contribution in [3.63, 3.8) is 0 Å². The van der Waals surface area contributed by atoms with Crippen molar-refractivity contribution in [2.75, 3.05) is 0 Å². The monoisotopic (exact) mass is 298 g/mol. The lowest BCUT2D eigenvalue weighted by Gasteiger charge is -2.52. The van der Waals surface area contributed by atoms with E-state index in [0.717, 1.165) is 32.1 Å². The summed E-state index contributed by atoms with van der Waals surface area (Å²) in [6.07, 6.45) is 8.25. The normalized spacial score (nSPS) is 43.1. The molecular formula is C20H26O2. The first-order valence-corrected chi connectivity index (χ1v) is 8.66. The highest BCUT2D eigenvalue weighted by molar-refractivity contribution is 5.40. The van der Waals surface area contributed by atoms with Crippen LogP contribution in [0.15, 0.2) is 30.9 Å². The molecule has 2 fully saturated rings. The van der Waals surface area contributed by atoms with Gasteiger partial charge in [-0.3, -0.25) is 0 Å². The Morgan fingerprint density at radius 3 is 2.82 bits per heavy atom. The second kappa shape index (κ2) is 4.61. The van der Waals surface area contributed by atoms with Crippen molar-refractivity contribution < 1.29 is 10.2 Å². The Morgan fingerprint density at radius 2 is 2.05 bits per heavy atom. The first-order chi connectivity index (χ1) is 10.5. The first kappa shape index (κ1) is 14.3. The molecule has 0 amide bonds. The summed E-state index contributed by atoms with van der Waals surface area (Å²) in [6.45, 7) is 6.21. The maximum Gasteiger partial charge on any atom is 0.115 e. The van der Waals surface area contributed by atoms with E-state index in [2.05, 4.69) is 19.6 Å². The zero-order valence-corrected chi connectivity index (χ0v) is 13.4. The van der Waals surface area contributed by atoms with E-state index in [1.54, 1.807) is 0 Å². The van der Waals surface area contributed by atoms with Crippen molar-refractivity contribution in [3.8, 4) is 5.75 Å². The van der Waals surface area contributed by atoms with Crippen LogP contribution in [0, 0.1) is 17.3 Å². The van der Waals surface area contributed by atoms with Gasteiger partial charge in [-0.25, -0.2) is 0 Å². The highest BCUT2D eigenvalue weighted by Gasteiger charge is 2.60. The van der Waals surface area contributed by atoms with Gasteiger partial charge in [-0.1, -0.05) is 19.1 Å². The molecule has 0 heterocycles. The van der Waals surface area contributed by atoms with Crippen molar-refractivity contribution in [3.05, 3.63) is 42.0 Å². The van der Waals surface area contributed by atoms with Gasteiger partial charge < -0.3 is 10.2 Å². The molecule has 1 aromatic carbocycles. The average molecular weight is 298 g/mol. The van der Waals surface area contributed by atoms with Crippen LogP contribution in [0.1, 0.15) is 56.1 Å². The fraction of sp³-hybridized carbons (Fsp3) is 0.600. The summed E-state index contributed by atoms with van der Waals surface area (Å²) in [6, 6.07) is 5.93. The highest BCUT2D eigenvalue weighted by Crippen LogP contribution is 2.64. The number of aromatic hydroxyl groups is 1. The van der Waals surface area contributed by atoms with Crippen LogP contribution in [-0.2, 0) is 6.42 Å². The van der Waals surface area contributed by atoms with Gasteiger partial charge in [-0.2, -0.15) is 0 Å². The van der Waals surface area contributed by atoms with E-state index in [4.69, 9.17) is 0 Å². The number of benzene rings is 1. The number of phenols is 1. The average Bonchev–Trinajstić information content (AvgIpc) is 2.79. The van der Waals surface area contributed by atoms with Gasteiger partial charge >= 0.3 is 0 Å². The molecule has 2 saturated carbocycles. The molecule has 2 N–H and O–H groups in total. The van der Waals surface area contributed by atoms with Gasteiger partial charge in [-0.05, 0) is 79.5 Å². The van der Waals surface area contributed by atoms with E-state index >= 15 is 0 Å². The third kappa shape index (κ3) is 1.70. The SMILES string of the molecule is C=C[C@@]1(O)CC[C@H]2[C@@H]3CCc4cc(O)ccc4[C@H]3CC[C@@]21C. The summed E-state index contributed by atoms with van der Waals surface area (Å²) < 4.78 is 0. The topological polar surface area (TPSA) is 40.5 Å². The molecule has 4 rings (SSSR count). The van der Waals surface area contributed by atoms with Crippen LogP contribution >= 0.6 is 0 Å². The molecular weight excluding hydrogens is 272 g/mol. The van der Waals surface area contributed by atoms with Gasteiger partial charge in [0, 0.05) is 5.41 Å². The number of fused-ring (bicyclic) bond motifs is 5. The van der Waals surface area contributed by atoms with Crippen molar-refractivity contribution >= 4 is 0 Å². The van der Waals surface area contributed by atoms with Crippen molar-refractivity contribution in [2.45, 2.75) is 57.0 Å². The van der Waals surface area contributed by atoms with E-state index in [0.29, 0.717) is 23.5 Å². The molecule has 0 bridgehead atoms. The zero-order chi connectivity index (χ0) is 15.5. The van der Waals surface area contributed by atoms with E-state index in [9.17, 15) is 10.2 Å². The fourth-order valence-corrected chi connectivity index (χ4v) is 5.96.